The zero-order valence-corrected chi connectivity index (χ0v) is 15.6. The van der Waals surface area contributed by atoms with Gasteiger partial charge in [-0.05, 0) is 29.7 Å². The van der Waals surface area contributed by atoms with E-state index in [0.717, 1.165) is 0 Å². The number of esters is 1. The van der Waals surface area contributed by atoms with Gasteiger partial charge in [-0.25, -0.2) is 9.59 Å². The fourth-order valence-electron chi connectivity index (χ4n) is 2.07. The van der Waals surface area contributed by atoms with Crippen LogP contribution in [0.15, 0.2) is 36.9 Å². The molecule has 0 aliphatic rings. The van der Waals surface area contributed by atoms with Gasteiger partial charge in [-0.1, -0.05) is 32.6 Å². The number of primary amides is 1. The van der Waals surface area contributed by atoms with Gasteiger partial charge in [0.05, 0.1) is 7.11 Å². The number of amides is 3. The lowest BCUT2D eigenvalue weighted by Crippen LogP contribution is -2.45. The minimum absolute atomic E-state index is 0.335. The number of imide groups is 1. The predicted molar refractivity (Wildman–Crippen MR) is 100 cm³/mol. The Morgan fingerprint density at radius 3 is 2.52 bits per heavy atom. The summed E-state index contributed by atoms with van der Waals surface area (Å²) in [6, 6.07) is 4.10. The van der Waals surface area contributed by atoms with E-state index < -0.39 is 24.0 Å². The van der Waals surface area contributed by atoms with Gasteiger partial charge in [-0.15, -0.1) is 0 Å². The van der Waals surface area contributed by atoms with E-state index in [-0.39, 0.29) is 5.92 Å². The molecule has 0 bridgehead atoms. The second-order valence-electron chi connectivity index (χ2n) is 5.80. The molecule has 0 heterocycles. The van der Waals surface area contributed by atoms with Crippen molar-refractivity contribution in [2.45, 2.75) is 20.0 Å². The third-order valence-electron chi connectivity index (χ3n) is 3.31. The summed E-state index contributed by atoms with van der Waals surface area (Å²) < 4.78 is 15.8. The first-order chi connectivity index (χ1) is 12.8. The maximum absolute atomic E-state index is 12.0. The van der Waals surface area contributed by atoms with Crippen LogP contribution in [0.1, 0.15) is 19.4 Å². The summed E-state index contributed by atoms with van der Waals surface area (Å²) >= 11 is 0. The van der Waals surface area contributed by atoms with Crippen molar-refractivity contribution in [3.8, 4) is 11.5 Å². The molecule has 0 spiro atoms. The standard InChI is InChI=1S/C19H24N2O6/c1-5-10-26-14-8-6-13(11-15(14)25-4)7-9-16(22)27-17(12(2)3)18(23)21-19(20)24/h5-9,11-12,17H,1,10H2,2-4H3,(H3,20,21,23,24)/b9-7+/t17-/m1/s1. The Kier molecular flexibility index (Phi) is 8.58. The number of hydrogen-bond donors (Lipinski definition) is 2. The zero-order chi connectivity index (χ0) is 20.4. The normalized spacial score (nSPS) is 11.7. The molecule has 3 amide bonds. The summed E-state index contributed by atoms with van der Waals surface area (Å²) in [5, 5.41) is 1.90. The van der Waals surface area contributed by atoms with Gasteiger partial charge in [-0.3, -0.25) is 10.1 Å². The molecule has 0 aliphatic heterocycles. The minimum atomic E-state index is -1.14. The Balaban J connectivity index is 2.82. The number of carbonyl (C=O) groups is 3. The third kappa shape index (κ3) is 7.23. The molecule has 0 radical (unpaired) electrons. The second-order valence-corrected chi connectivity index (χ2v) is 5.80. The van der Waals surface area contributed by atoms with Gasteiger partial charge in [0.1, 0.15) is 6.61 Å². The van der Waals surface area contributed by atoms with Crippen molar-refractivity contribution in [3.63, 3.8) is 0 Å². The zero-order valence-electron chi connectivity index (χ0n) is 15.6. The van der Waals surface area contributed by atoms with Crippen LogP contribution in [0.2, 0.25) is 0 Å². The number of ether oxygens (including phenoxy) is 3. The molecule has 8 nitrogen and oxygen atoms in total. The Morgan fingerprint density at radius 1 is 1.26 bits per heavy atom. The Labute approximate surface area is 158 Å². The number of methoxy groups -OCH3 is 1. The van der Waals surface area contributed by atoms with E-state index in [0.29, 0.717) is 23.7 Å². The van der Waals surface area contributed by atoms with Crippen LogP contribution in [0.4, 0.5) is 4.79 Å². The van der Waals surface area contributed by atoms with Gasteiger partial charge in [0.2, 0.25) is 0 Å². The van der Waals surface area contributed by atoms with E-state index >= 15 is 0 Å². The molecule has 0 saturated carbocycles. The van der Waals surface area contributed by atoms with Crippen LogP contribution in [0.3, 0.4) is 0 Å². The van der Waals surface area contributed by atoms with E-state index in [2.05, 4.69) is 6.58 Å². The highest BCUT2D eigenvalue weighted by Gasteiger charge is 2.26. The molecule has 0 fully saturated rings. The molecule has 0 saturated heterocycles. The maximum Gasteiger partial charge on any atom is 0.331 e. The predicted octanol–water partition coefficient (Wildman–Crippen LogP) is 2.04. The van der Waals surface area contributed by atoms with Gasteiger partial charge in [0.15, 0.2) is 17.6 Å². The number of benzene rings is 1. The van der Waals surface area contributed by atoms with Gasteiger partial charge in [0, 0.05) is 6.08 Å². The number of nitrogens with one attached hydrogen (secondary N) is 1. The van der Waals surface area contributed by atoms with E-state index in [4.69, 9.17) is 19.9 Å². The first-order valence-corrected chi connectivity index (χ1v) is 8.19. The Hall–Kier alpha value is -3.29. The summed E-state index contributed by atoms with van der Waals surface area (Å²) in [5.41, 5.74) is 5.58. The fraction of sp³-hybridized carbons (Fsp3) is 0.316. The molecule has 8 heteroatoms. The van der Waals surface area contributed by atoms with Crippen molar-refractivity contribution in [2.24, 2.45) is 11.7 Å². The monoisotopic (exact) mass is 376 g/mol. The molecule has 3 N–H and O–H groups in total. The molecule has 1 aromatic carbocycles. The van der Waals surface area contributed by atoms with Crippen LogP contribution in [0.25, 0.3) is 6.08 Å². The van der Waals surface area contributed by atoms with Crippen LogP contribution < -0.4 is 20.5 Å². The molecular weight excluding hydrogens is 352 g/mol. The molecule has 146 valence electrons. The molecule has 0 aliphatic carbocycles. The van der Waals surface area contributed by atoms with Crippen LogP contribution >= 0.6 is 0 Å². The van der Waals surface area contributed by atoms with Gasteiger partial charge in [0.25, 0.3) is 5.91 Å². The van der Waals surface area contributed by atoms with Crippen molar-refractivity contribution in [2.75, 3.05) is 13.7 Å². The van der Waals surface area contributed by atoms with Crippen molar-refractivity contribution >= 4 is 24.0 Å². The molecule has 0 unspecified atom stereocenters. The van der Waals surface area contributed by atoms with Crippen LogP contribution in [0, 0.1) is 5.92 Å². The molecule has 27 heavy (non-hydrogen) atoms. The van der Waals surface area contributed by atoms with E-state index in [1.54, 1.807) is 38.1 Å². The molecule has 0 aromatic heterocycles. The number of urea groups is 1. The highest BCUT2D eigenvalue weighted by atomic mass is 16.5. The molecule has 1 rings (SSSR count). The van der Waals surface area contributed by atoms with Crippen molar-refractivity contribution in [1.82, 2.24) is 5.32 Å². The summed E-state index contributed by atoms with van der Waals surface area (Å²) in [6.07, 6.45) is 3.15. The van der Waals surface area contributed by atoms with Crippen molar-refractivity contribution in [1.29, 1.82) is 0 Å². The topological polar surface area (TPSA) is 117 Å². The average molecular weight is 376 g/mol. The number of carbonyl (C=O) groups excluding carboxylic acids is 3. The summed E-state index contributed by atoms with van der Waals surface area (Å²) in [6.45, 7) is 7.27. The first-order valence-electron chi connectivity index (χ1n) is 8.19. The summed E-state index contributed by atoms with van der Waals surface area (Å²) in [5.74, 6) is -0.819. The average Bonchev–Trinajstić information content (AvgIpc) is 2.61. The van der Waals surface area contributed by atoms with E-state index in [1.165, 1.54) is 19.3 Å². The molecular formula is C19H24N2O6. The lowest BCUT2D eigenvalue weighted by Gasteiger charge is -2.18. The lowest BCUT2D eigenvalue weighted by molar-refractivity contribution is -0.153. The van der Waals surface area contributed by atoms with Crippen LogP contribution in [-0.2, 0) is 14.3 Å². The number of rotatable bonds is 9. The second kappa shape index (κ2) is 10.6. The number of hydrogen-bond acceptors (Lipinski definition) is 6. The molecule has 1 atom stereocenters. The van der Waals surface area contributed by atoms with Crippen LogP contribution in [-0.4, -0.2) is 37.7 Å². The van der Waals surface area contributed by atoms with Crippen molar-refractivity contribution in [3.05, 3.63) is 42.5 Å². The van der Waals surface area contributed by atoms with Gasteiger partial charge >= 0.3 is 12.0 Å². The third-order valence-corrected chi connectivity index (χ3v) is 3.31. The van der Waals surface area contributed by atoms with E-state index in [1.807, 2.05) is 5.32 Å². The number of nitrogens with two attached hydrogens (primary N) is 1. The van der Waals surface area contributed by atoms with Crippen LogP contribution in [0.5, 0.6) is 11.5 Å². The highest BCUT2D eigenvalue weighted by Crippen LogP contribution is 2.28. The van der Waals surface area contributed by atoms with E-state index in [9.17, 15) is 14.4 Å². The quantitative estimate of drug-likeness (QED) is 0.387. The summed E-state index contributed by atoms with van der Waals surface area (Å²) in [4.78, 5) is 34.7. The highest BCUT2D eigenvalue weighted by molar-refractivity contribution is 5.97. The fourth-order valence-corrected chi connectivity index (χ4v) is 2.07. The first kappa shape index (κ1) is 21.8. The smallest absolute Gasteiger partial charge is 0.331 e. The summed E-state index contributed by atoms with van der Waals surface area (Å²) in [7, 11) is 1.50. The SMILES string of the molecule is C=CCOc1ccc(/C=C/C(=O)O[C@@H](C(=O)NC(N)=O)C(C)C)cc1OC. The lowest BCUT2D eigenvalue weighted by atomic mass is 10.1. The molecule has 1 aromatic rings. The van der Waals surface area contributed by atoms with Crippen molar-refractivity contribution < 1.29 is 28.6 Å². The maximum atomic E-state index is 12.0. The Bertz CT molecular complexity index is 727. The largest absolute Gasteiger partial charge is 0.493 e. The Morgan fingerprint density at radius 2 is 1.96 bits per heavy atom. The van der Waals surface area contributed by atoms with Gasteiger partial charge < -0.3 is 19.9 Å². The van der Waals surface area contributed by atoms with Gasteiger partial charge in [-0.2, -0.15) is 0 Å². The minimum Gasteiger partial charge on any atom is -0.493 e.